The lowest BCUT2D eigenvalue weighted by atomic mass is 10.2. The molecule has 3 rings (SSSR count). The van der Waals surface area contributed by atoms with Crippen molar-refractivity contribution in [1.29, 1.82) is 0 Å². The van der Waals surface area contributed by atoms with E-state index in [9.17, 15) is 4.79 Å². The van der Waals surface area contributed by atoms with Crippen molar-refractivity contribution in [2.45, 2.75) is 13.0 Å². The first kappa shape index (κ1) is 19.2. The highest BCUT2D eigenvalue weighted by molar-refractivity contribution is 5.69. The second-order valence-corrected chi connectivity index (χ2v) is 5.81. The van der Waals surface area contributed by atoms with Crippen LogP contribution in [0.5, 0.6) is 23.0 Å². The molecular weight excluding hydrogens is 358 g/mol. The van der Waals surface area contributed by atoms with Crippen LogP contribution in [0.2, 0.25) is 0 Å². The molecule has 0 bridgehead atoms. The van der Waals surface area contributed by atoms with E-state index in [2.05, 4.69) is 4.98 Å². The van der Waals surface area contributed by atoms with Gasteiger partial charge in [-0.15, -0.1) is 0 Å². The molecule has 0 N–H and O–H groups in total. The first-order chi connectivity index (χ1) is 13.8. The lowest BCUT2D eigenvalue weighted by Crippen LogP contribution is -2.10. The minimum Gasteiger partial charge on any atom is -0.493 e. The summed E-state index contributed by atoms with van der Waals surface area (Å²) in [4.78, 5) is 16.1. The Labute approximate surface area is 163 Å². The maximum absolute atomic E-state index is 12.0. The molecule has 3 aromatic rings. The number of rotatable bonds is 9. The topological polar surface area (TPSA) is 66.9 Å². The van der Waals surface area contributed by atoms with Gasteiger partial charge in [0.2, 0.25) is 0 Å². The lowest BCUT2D eigenvalue weighted by molar-refractivity contribution is -0.145. The van der Waals surface area contributed by atoms with E-state index >= 15 is 0 Å². The van der Waals surface area contributed by atoms with Crippen LogP contribution < -0.4 is 14.2 Å². The molecule has 0 saturated heterocycles. The summed E-state index contributed by atoms with van der Waals surface area (Å²) in [6.45, 7) is 0.316. The highest BCUT2D eigenvalue weighted by Gasteiger charge is 2.10. The fourth-order valence-electron chi connectivity index (χ4n) is 2.47. The van der Waals surface area contributed by atoms with Crippen LogP contribution >= 0.6 is 0 Å². The minimum absolute atomic E-state index is 0.115. The van der Waals surface area contributed by atoms with Gasteiger partial charge in [-0.2, -0.15) is 0 Å². The predicted molar refractivity (Wildman–Crippen MR) is 104 cm³/mol. The van der Waals surface area contributed by atoms with Crippen LogP contribution in [0.15, 0.2) is 73.1 Å². The maximum atomic E-state index is 12.0. The zero-order chi connectivity index (χ0) is 19.6. The molecule has 0 fully saturated rings. The average Bonchev–Trinajstić information content (AvgIpc) is 2.74. The zero-order valence-electron chi connectivity index (χ0n) is 15.5. The van der Waals surface area contributed by atoms with E-state index in [4.69, 9.17) is 18.9 Å². The van der Waals surface area contributed by atoms with Gasteiger partial charge in [0.15, 0.2) is 11.5 Å². The van der Waals surface area contributed by atoms with Crippen molar-refractivity contribution in [3.63, 3.8) is 0 Å². The van der Waals surface area contributed by atoms with Crippen LogP contribution in [-0.4, -0.2) is 24.7 Å². The summed E-state index contributed by atoms with van der Waals surface area (Å²) < 4.78 is 22.0. The quantitative estimate of drug-likeness (QED) is 0.514. The third kappa shape index (κ3) is 5.48. The van der Waals surface area contributed by atoms with Crippen molar-refractivity contribution >= 4 is 5.97 Å². The Kier molecular flexibility index (Phi) is 6.84. The number of nitrogens with zero attached hydrogens (tertiary/aromatic N) is 1. The van der Waals surface area contributed by atoms with Crippen molar-refractivity contribution < 1.29 is 23.7 Å². The van der Waals surface area contributed by atoms with Crippen LogP contribution in [0.1, 0.15) is 12.0 Å². The Morgan fingerprint density at radius 3 is 2.43 bits per heavy atom. The molecular formula is C22H21NO5. The monoisotopic (exact) mass is 379 g/mol. The first-order valence-electron chi connectivity index (χ1n) is 8.83. The van der Waals surface area contributed by atoms with Crippen molar-refractivity contribution in [2.24, 2.45) is 0 Å². The summed E-state index contributed by atoms with van der Waals surface area (Å²) in [5.41, 5.74) is 0.769. The average molecular weight is 379 g/mol. The standard InChI is InChI=1S/C22H21NO5/c1-25-20-10-4-5-11-21(20)26-14-12-22(24)27-16-17-7-2-3-9-19(17)28-18-8-6-13-23-15-18/h2-11,13,15H,12,14,16H2,1H3. The molecule has 0 aliphatic heterocycles. The number of methoxy groups -OCH3 is 1. The molecule has 6 nitrogen and oxygen atoms in total. The molecule has 0 unspecified atom stereocenters. The van der Waals surface area contributed by atoms with Crippen LogP contribution in [0.25, 0.3) is 0 Å². The Hall–Kier alpha value is -3.54. The number of aromatic nitrogens is 1. The van der Waals surface area contributed by atoms with Gasteiger partial charge in [0, 0.05) is 11.8 Å². The van der Waals surface area contributed by atoms with Gasteiger partial charge >= 0.3 is 5.97 Å². The number of para-hydroxylation sites is 3. The van der Waals surface area contributed by atoms with Crippen molar-refractivity contribution in [1.82, 2.24) is 4.98 Å². The van der Waals surface area contributed by atoms with Crippen LogP contribution in [-0.2, 0) is 16.1 Å². The number of ether oxygens (including phenoxy) is 4. The Balaban J connectivity index is 1.49. The molecule has 0 amide bonds. The highest BCUT2D eigenvalue weighted by Crippen LogP contribution is 2.26. The maximum Gasteiger partial charge on any atom is 0.309 e. The molecule has 144 valence electrons. The number of benzene rings is 2. The number of carbonyl (C=O) groups is 1. The molecule has 1 heterocycles. The Bertz CT molecular complexity index is 898. The lowest BCUT2D eigenvalue weighted by Gasteiger charge is -2.12. The van der Waals surface area contributed by atoms with Gasteiger partial charge in [-0.25, -0.2) is 0 Å². The molecule has 6 heteroatoms. The second kappa shape index (κ2) is 9.97. The third-order valence-electron chi connectivity index (χ3n) is 3.86. The fourth-order valence-corrected chi connectivity index (χ4v) is 2.47. The molecule has 0 saturated carbocycles. The molecule has 28 heavy (non-hydrogen) atoms. The molecule has 0 aliphatic carbocycles. The van der Waals surface area contributed by atoms with E-state index in [1.807, 2.05) is 42.5 Å². The van der Waals surface area contributed by atoms with Gasteiger partial charge in [-0.05, 0) is 30.3 Å². The summed E-state index contributed by atoms with van der Waals surface area (Å²) in [6.07, 6.45) is 3.43. The summed E-state index contributed by atoms with van der Waals surface area (Å²) in [7, 11) is 1.57. The molecule has 2 aromatic carbocycles. The van der Waals surface area contributed by atoms with Crippen LogP contribution in [0.3, 0.4) is 0 Å². The molecule has 0 radical (unpaired) electrons. The van der Waals surface area contributed by atoms with Crippen molar-refractivity contribution in [3.8, 4) is 23.0 Å². The Morgan fingerprint density at radius 1 is 0.929 bits per heavy atom. The highest BCUT2D eigenvalue weighted by atomic mass is 16.5. The van der Waals surface area contributed by atoms with Crippen molar-refractivity contribution in [2.75, 3.05) is 13.7 Å². The first-order valence-corrected chi connectivity index (χ1v) is 8.83. The van der Waals surface area contributed by atoms with Crippen molar-refractivity contribution in [3.05, 3.63) is 78.6 Å². The predicted octanol–water partition coefficient (Wildman–Crippen LogP) is 4.39. The summed E-state index contributed by atoms with van der Waals surface area (Å²) >= 11 is 0. The van der Waals surface area contributed by atoms with E-state index in [1.165, 1.54) is 0 Å². The molecule has 0 atom stereocenters. The minimum atomic E-state index is -0.355. The summed E-state index contributed by atoms with van der Waals surface area (Å²) in [5, 5.41) is 0. The van der Waals surface area contributed by atoms with E-state index < -0.39 is 0 Å². The number of hydrogen-bond donors (Lipinski definition) is 0. The van der Waals surface area contributed by atoms with E-state index in [-0.39, 0.29) is 25.6 Å². The van der Waals surface area contributed by atoms with Gasteiger partial charge < -0.3 is 18.9 Å². The smallest absolute Gasteiger partial charge is 0.309 e. The van der Waals surface area contributed by atoms with E-state index in [0.29, 0.717) is 23.0 Å². The third-order valence-corrected chi connectivity index (χ3v) is 3.86. The van der Waals surface area contributed by atoms with Crippen LogP contribution in [0, 0.1) is 0 Å². The number of hydrogen-bond acceptors (Lipinski definition) is 6. The van der Waals surface area contributed by atoms with Gasteiger partial charge in [0.1, 0.15) is 18.1 Å². The number of carbonyl (C=O) groups excluding carboxylic acids is 1. The molecule has 0 aliphatic rings. The van der Waals surface area contributed by atoms with Gasteiger partial charge in [-0.3, -0.25) is 9.78 Å². The molecule has 1 aromatic heterocycles. The van der Waals surface area contributed by atoms with E-state index in [1.54, 1.807) is 37.7 Å². The Morgan fingerprint density at radius 2 is 1.68 bits per heavy atom. The fraction of sp³-hybridized carbons (Fsp3) is 0.182. The zero-order valence-corrected chi connectivity index (χ0v) is 15.5. The van der Waals surface area contributed by atoms with Crippen LogP contribution in [0.4, 0.5) is 0 Å². The van der Waals surface area contributed by atoms with E-state index in [0.717, 1.165) is 5.56 Å². The summed E-state index contributed by atoms with van der Waals surface area (Å²) in [6, 6.07) is 18.3. The van der Waals surface area contributed by atoms with Gasteiger partial charge in [-0.1, -0.05) is 30.3 Å². The SMILES string of the molecule is COc1ccccc1OCCC(=O)OCc1ccccc1Oc1cccnc1. The largest absolute Gasteiger partial charge is 0.493 e. The van der Waals surface area contributed by atoms with Gasteiger partial charge in [0.05, 0.1) is 26.3 Å². The second-order valence-electron chi connectivity index (χ2n) is 5.81. The van der Waals surface area contributed by atoms with Gasteiger partial charge in [0.25, 0.3) is 0 Å². The number of esters is 1. The summed E-state index contributed by atoms with van der Waals surface area (Å²) in [5.74, 6) is 2.09. The number of pyridine rings is 1. The normalized spacial score (nSPS) is 10.2. The molecule has 0 spiro atoms.